The van der Waals surface area contributed by atoms with Gasteiger partial charge in [0, 0.05) is 8.32 Å². The normalized spacial score (nSPS) is 9.67. The molecule has 0 spiro atoms. The standard InChI is InChI=1S/C4H4BClO2S.2H2/c6-4-3(5(7)8)1-2-9-4;;/h1-2,7-8H;2*1H. The average molecular weight is 166 g/mol. The maximum Gasteiger partial charge on any atom is 0.490 e. The Kier molecular flexibility index (Phi) is 2.13. The summed E-state index contributed by atoms with van der Waals surface area (Å²) in [4.78, 5) is 0. The molecule has 1 aromatic rings. The molecular weight excluding hydrogens is 158 g/mol. The lowest BCUT2D eigenvalue weighted by Crippen LogP contribution is -2.28. The summed E-state index contributed by atoms with van der Waals surface area (Å²) in [6.45, 7) is 0. The summed E-state index contributed by atoms with van der Waals surface area (Å²) >= 11 is 6.81. The van der Waals surface area contributed by atoms with Crippen LogP contribution in [0.3, 0.4) is 0 Å². The lowest BCUT2D eigenvalue weighted by atomic mass is 9.83. The second kappa shape index (κ2) is 2.71. The number of hydrogen-bond acceptors (Lipinski definition) is 3. The van der Waals surface area contributed by atoms with Gasteiger partial charge in [-0.05, 0) is 5.38 Å². The molecule has 52 valence electrons. The van der Waals surface area contributed by atoms with E-state index in [1.807, 2.05) is 0 Å². The molecular formula is C4H8BClO2S. The molecule has 0 saturated carbocycles. The van der Waals surface area contributed by atoms with Crippen LogP contribution in [0.4, 0.5) is 0 Å². The van der Waals surface area contributed by atoms with Crippen molar-refractivity contribution in [2.24, 2.45) is 0 Å². The highest BCUT2D eigenvalue weighted by atomic mass is 35.5. The van der Waals surface area contributed by atoms with Crippen molar-refractivity contribution in [1.82, 2.24) is 0 Å². The fourth-order valence-electron chi connectivity index (χ4n) is 0.488. The second-order valence-corrected chi connectivity index (χ2v) is 3.04. The Labute approximate surface area is 64.8 Å². The highest BCUT2D eigenvalue weighted by molar-refractivity contribution is 7.16. The Morgan fingerprint density at radius 3 is 2.56 bits per heavy atom. The summed E-state index contributed by atoms with van der Waals surface area (Å²) in [5, 5.41) is 18.8. The monoisotopic (exact) mass is 166 g/mol. The van der Waals surface area contributed by atoms with Gasteiger partial charge >= 0.3 is 7.12 Å². The summed E-state index contributed by atoms with van der Waals surface area (Å²) in [5.74, 6) is 0. The van der Waals surface area contributed by atoms with Crippen molar-refractivity contribution in [3.63, 3.8) is 0 Å². The molecule has 1 rings (SSSR count). The van der Waals surface area contributed by atoms with Gasteiger partial charge < -0.3 is 10.0 Å². The zero-order chi connectivity index (χ0) is 6.85. The van der Waals surface area contributed by atoms with Gasteiger partial charge in [-0.2, -0.15) is 0 Å². The summed E-state index contributed by atoms with van der Waals surface area (Å²) in [7, 11) is -1.44. The molecule has 0 bridgehead atoms. The summed E-state index contributed by atoms with van der Waals surface area (Å²) < 4.78 is 0.435. The SMILES string of the molecule is OB(O)c1ccsc1Cl.[HH].[HH]. The predicted molar refractivity (Wildman–Crippen MR) is 43.4 cm³/mol. The van der Waals surface area contributed by atoms with E-state index in [9.17, 15) is 0 Å². The van der Waals surface area contributed by atoms with Crippen molar-refractivity contribution >= 4 is 35.5 Å². The zero-order valence-corrected chi connectivity index (χ0v) is 5.99. The molecule has 2 N–H and O–H groups in total. The van der Waals surface area contributed by atoms with E-state index >= 15 is 0 Å². The molecule has 0 aliphatic carbocycles. The van der Waals surface area contributed by atoms with Crippen LogP contribution >= 0.6 is 22.9 Å². The first-order chi connectivity index (χ1) is 4.22. The van der Waals surface area contributed by atoms with Crippen LogP contribution < -0.4 is 5.46 Å². The van der Waals surface area contributed by atoms with Gasteiger partial charge in [-0.25, -0.2) is 0 Å². The van der Waals surface area contributed by atoms with Crippen molar-refractivity contribution in [2.75, 3.05) is 0 Å². The third-order valence-electron chi connectivity index (χ3n) is 0.924. The third-order valence-corrected chi connectivity index (χ3v) is 2.12. The van der Waals surface area contributed by atoms with Crippen molar-refractivity contribution < 1.29 is 12.9 Å². The maximum absolute atomic E-state index is 8.57. The van der Waals surface area contributed by atoms with Gasteiger partial charge in [0.05, 0.1) is 4.34 Å². The van der Waals surface area contributed by atoms with Gasteiger partial charge in [0.25, 0.3) is 0 Å². The molecule has 0 aliphatic rings. The van der Waals surface area contributed by atoms with E-state index in [0.717, 1.165) is 0 Å². The molecule has 0 unspecified atom stereocenters. The van der Waals surface area contributed by atoms with Gasteiger partial charge in [-0.15, -0.1) is 11.3 Å². The first-order valence-corrected chi connectivity index (χ1v) is 3.56. The van der Waals surface area contributed by atoms with E-state index in [0.29, 0.717) is 9.80 Å². The molecule has 0 fully saturated rings. The van der Waals surface area contributed by atoms with E-state index in [2.05, 4.69) is 0 Å². The van der Waals surface area contributed by atoms with Crippen LogP contribution in [0.15, 0.2) is 11.4 Å². The number of rotatable bonds is 1. The topological polar surface area (TPSA) is 40.5 Å². The molecule has 0 aliphatic heterocycles. The molecule has 2 nitrogen and oxygen atoms in total. The highest BCUT2D eigenvalue weighted by Crippen LogP contribution is 2.12. The zero-order valence-electron chi connectivity index (χ0n) is 4.41. The average Bonchev–Trinajstić information content (AvgIpc) is 2.13. The lowest BCUT2D eigenvalue weighted by Gasteiger charge is -1.91. The first-order valence-electron chi connectivity index (χ1n) is 2.31. The van der Waals surface area contributed by atoms with Crippen LogP contribution in [0.25, 0.3) is 0 Å². The summed E-state index contributed by atoms with van der Waals surface area (Å²) in [5.41, 5.74) is 0.377. The number of thiophene rings is 1. The second-order valence-electron chi connectivity index (χ2n) is 1.52. The van der Waals surface area contributed by atoms with Crippen molar-refractivity contribution in [2.45, 2.75) is 0 Å². The summed E-state index contributed by atoms with van der Waals surface area (Å²) in [6.07, 6.45) is 0. The molecule has 1 aromatic heterocycles. The lowest BCUT2D eigenvalue weighted by molar-refractivity contribution is 0.426. The molecule has 0 radical (unpaired) electrons. The molecule has 0 aromatic carbocycles. The Bertz CT molecular complexity index is 208. The predicted octanol–water partition coefficient (Wildman–Crippen LogP) is 0.573. The Hall–Kier alpha value is -0.0251. The van der Waals surface area contributed by atoms with E-state index in [-0.39, 0.29) is 2.85 Å². The molecule has 5 heteroatoms. The Morgan fingerprint density at radius 2 is 2.33 bits per heavy atom. The van der Waals surface area contributed by atoms with Crippen LogP contribution in [-0.4, -0.2) is 17.2 Å². The quantitative estimate of drug-likeness (QED) is 0.599. The molecule has 9 heavy (non-hydrogen) atoms. The van der Waals surface area contributed by atoms with Gasteiger partial charge in [0.15, 0.2) is 0 Å². The first kappa shape index (κ1) is 7.09. The van der Waals surface area contributed by atoms with Gasteiger partial charge in [0.1, 0.15) is 0 Å². The van der Waals surface area contributed by atoms with Crippen molar-refractivity contribution in [1.29, 1.82) is 0 Å². The van der Waals surface area contributed by atoms with E-state index in [1.165, 1.54) is 11.3 Å². The van der Waals surface area contributed by atoms with Crippen LogP contribution in [0.2, 0.25) is 4.34 Å². The molecule has 0 saturated heterocycles. The van der Waals surface area contributed by atoms with Gasteiger partial charge in [0.2, 0.25) is 0 Å². The highest BCUT2D eigenvalue weighted by Gasteiger charge is 2.14. The third kappa shape index (κ3) is 1.46. The Balaban J connectivity index is 0. The Morgan fingerprint density at radius 1 is 1.67 bits per heavy atom. The van der Waals surface area contributed by atoms with E-state index < -0.39 is 7.12 Å². The van der Waals surface area contributed by atoms with Crippen LogP contribution in [0, 0.1) is 0 Å². The van der Waals surface area contributed by atoms with E-state index in [4.69, 9.17) is 21.6 Å². The molecule has 1 heterocycles. The minimum atomic E-state index is -1.44. The van der Waals surface area contributed by atoms with Gasteiger partial charge in [-0.3, -0.25) is 0 Å². The van der Waals surface area contributed by atoms with Gasteiger partial charge in [-0.1, -0.05) is 17.7 Å². The maximum atomic E-state index is 8.57. The fourth-order valence-corrected chi connectivity index (χ4v) is 1.45. The smallest absolute Gasteiger partial charge is 0.423 e. The van der Waals surface area contributed by atoms with Crippen LogP contribution in [0.1, 0.15) is 2.85 Å². The van der Waals surface area contributed by atoms with Crippen LogP contribution in [0.5, 0.6) is 0 Å². The van der Waals surface area contributed by atoms with E-state index in [1.54, 1.807) is 11.4 Å². The van der Waals surface area contributed by atoms with Crippen molar-refractivity contribution in [3.05, 3.63) is 15.8 Å². The fraction of sp³-hybridized carbons (Fsp3) is 0. The minimum Gasteiger partial charge on any atom is -0.423 e. The van der Waals surface area contributed by atoms with Crippen LogP contribution in [-0.2, 0) is 0 Å². The number of hydrogen-bond donors (Lipinski definition) is 2. The molecule has 0 amide bonds. The number of halogens is 1. The summed E-state index contributed by atoms with van der Waals surface area (Å²) in [6, 6.07) is 1.58. The largest absolute Gasteiger partial charge is 0.490 e. The molecule has 0 atom stereocenters. The minimum absolute atomic E-state index is 0. The van der Waals surface area contributed by atoms with Crippen molar-refractivity contribution in [3.8, 4) is 0 Å².